The van der Waals surface area contributed by atoms with Crippen LogP contribution >= 0.6 is 23.2 Å². The fraction of sp³-hybridized carbons (Fsp3) is 0.207. The lowest BCUT2D eigenvalue weighted by Gasteiger charge is -2.17. The zero-order chi connectivity index (χ0) is 28.2. The second-order valence-corrected chi connectivity index (χ2v) is 9.12. The van der Waals surface area contributed by atoms with E-state index in [-0.39, 0.29) is 25.1 Å². The summed E-state index contributed by atoms with van der Waals surface area (Å²) in [6.45, 7) is 6.28. The van der Waals surface area contributed by atoms with Crippen molar-refractivity contribution in [2.45, 2.75) is 32.8 Å². The first-order valence-corrected chi connectivity index (χ1v) is 12.9. The fourth-order valence-electron chi connectivity index (χ4n) is 3.52. The van der Waals surface area contributed by atoms with E-state index in [1.54, 1.807) is 36.4 Å². The Bertz CT molecular complexity index is 1360. The van der Waals surface area contributed by atoms with Gasteiger partial charge >= 0.3 is 0 Å². The molecule has 0 saturated carbocycles. The zero-order valence-electron chi connectivity index (χ0n) is 21.3. The van der Waals surface area contributed by atoms with Gasteiger partial charge in [0, 0.05) is 34.0 Å². The van der Waals surface area contributed by atoms with Gasteiger partial charge in [0.25, 0.3) is 0 Å². The third kappa shape index (κ3) is 9.12. The van der Waals surface area contributed by atoms with Crippen molar-refractivity contribution >= 4 is 46.9 Å². The van der Waals surface area contributed by atoms with Crippen LogP contribution in [0.4, 0.5) is 10.1 Å². The van der Waals surface area contributed by atoms with Gasteiger partial charge in [-0.2, -0.15) is 5.10 Å². The van der Waals surface area contributed by atoms with Gasteiger partial charge in [0.05, 0.1) is 18.5 Å². The number of nitrogens with zero attached hydrogens (tertiary/aromatic N) is 1. The highest BCUT2D eigenvalue weighted by Crippen LogP contribution is 2.35. The number of para-hydroxylation sites is 1. The van der Waals surface area contributed by atoms with Gasteiger partial charge < -0.3 is 14.8 Å². The predicted octanol–water partition coefficient (Wildman–Crippen LogP) is 6.71. The number of carbonyl (C=O) groups excluding carboxylic acids is 2. The quantitative estimate of drug-likeness (QED) is 0.135. The van der Waals surface area contributed by atoms with Crippen LogP contribution in [0.2, 0.25) is 10.0 Å². The first kappa shape index (κ1) is 29.7. The highest BCUT2D eigenvalue weighted by molar-refractivity contribution is 6.35. The Kier molecular flexibility index (Phi) is 11.3. The van der Waals surface area contributed by atoms with Gasteiger partial charge in [-0.3, -0.25) is 9.59 Å². The summed E-state index contributed by atoms with van der Waals surface area (Å²) in [7, 11) is 0. The van der Waals surface area contributed by atoms with Crippen LogP contribution in [0.15, 0.2) is 72.4 Å². The Morgan fingerprint density at radius 1 is 1.03 bits per heavy atom. The van der Waals surface area contributed by atoms with Crippen molar-refractivity contribution in [3.8, 4) is 11.5 Å². The molecular formula is C29H28Cl2FN3O4. The van der Waals surface area contributed by atoms with Gasteiger partial charge in [-0.1, -0.05) is 47.5 Å². The van der Waals surface area contributed by atoms with E-state index in [1.165, 1.54) is 24.4 Å². The lowest BCUT2D eigenvalue weighted by molar-refractivity contribution is -0.124. The number of ether oxygens (including phenoxy) is 2. The Hall–Kier alpha value is -3.88. The molecule has 0 aliphatic heterocycles. The summed E-state index contributed by atoms with van der Waals surface area (Å²) in [6, 6.07) is 14.6. The molecule has 0 spiro atoms. The van der Waals surface area contributed by atoms with Crippen molar-refractivity contribution in [3.63, 3.8) is 0 Å². The van der Waals surface area contributed by atoms with E-state index < -0.39 is 17.6 Å². The summed E-state index contributed by atoms with van der Waals surface area (Å²) in [5.41, 5.74) is 4.68. The van der Waals surface area contributed by atoms with Crippen LogP contribution in [-0.4, -0.2) is 24.6 Å². The van der Waals surface area contributed by atoms with Crippen molar-refractivity contribution in [1.82, 2.24) is 5.43 Å². The minimum absolute atomic E-state index is 0.0602. The van der Waals surface area contributed by atoms with Crippen LogP contribution in [0.1, 0.15) is 36.5 Å². The monoisotopic (exact) mass is 571 g/mol. The summed E-state index contributed by atoms with van der Waals surface area (Å²) in [5.74, 6) is -0.451. The highest BCUT2D eigenvalue weighted by Gasteiger charge is 2.15. The van der Waals surface area contributed by atoms with Crippen molar-refractivity contribution in [1.29, 1.82) is 0 Å². The van der Waals surface area contributed by atoms with Crippen molar-refractivity contribution in [2.24, 2.45) is 5.10 Å². The number of nitrogens with one attached hydrogen (secondary N) is 2. The standard InChI is InChI=1S/C29H28Cl2FN3O4/c1-3-7-20-14-19(15-26(38-4-2)29(20)39-18-21-10-11-22(30)16-23(21)31)17-33-35-28(37)13-12-27(36)34-25-9-6-5-8-24(25)32/h3,5-6,8-11,14-17H,1,4,7,12-13,18H2,2H3,(H,34,36)(H,35,37). The maximum Gasteiger partial charge on any atom is 0.240 e. The molecule has 39 heavy (non-hydrogen) atoms. The Labute approximate surface area is 236 Å². The van der Waals surface area contributed by atoms with Gasteiger partial charge in [-0.15, -0.1) is 6.58 Å². The molecule has 204 valence electrons. The Morgan fingerprint density at radius 2 is 1.79 bits per heavy atom. The topological polar surface area (TPSA) is 89.0 Å². The molecule has 10 heteroatoms. The van der Waals surface area contributed by atoms with Gasteiger partial charge in [0.15, 0.2) is 11.5 Å². The molecule has 3 rings (SSSR count). The average molecular weight is 572 g/mol. The SMILES string of the molecule is C=CCc1cc(C=NNC(=O)CCC(=O)Nc2ccccc2F)cc(OCC)c1OCc1ccc(Cl)cc1Cl. The van der Waals surface area contributed by atoms with E-state index in [4.69, 9.17) is 32.7 Å². The number of allylic oxidation sites excluding steroid dienone is 1. The van der Waals surface area contributed by atoms with Crippen molar-refractivity contribution in [2.75, 3.05) is 11.9 Å². The molecule has 0 aliphatic rings. The van der Waals surface area contributed by atoms with Crippen LogP contribution in [0.25, 0.3) is 0 Å². The van der Waals surface area contributed by atoms with Crippen LogP contribution in [0, 0.1) is 5.82 Å². The van der Waals surface area contributed by atoms with Crippen LogP contribution in [0.3, 0.4) is 0 Å². The summed E-state index contributed by atoms with van der Waals surface area (Å²) in [6.07, 6.45) is 3.45. The molecule has 0 aliphatic carbocycles. The molecule has 0 fully saturated rings. The zero-order valence-corrected chi connectivity index (χ0v) is 22.8. The molecule has 0 heterocycles. The number of anilines is 1. The molecule has 3 aromatic carbocycles. The maximum absolute atomic E-state index is 13.7. The number of amides is 2. The molecular weight excluding hydrogens is 544 g/mol. The Balaban J connectivity index is 1.64. The number of carbonyl (C=O) groups is 2. The first-order chi connectivity index (χ1) is 18.8. The largest absolute Gasteiger partial charge is 0.490 e. The summed E-state index contributed by atoms with van der Waals surface area (Å²) in [4.78, 5) is 24.2. The normalized spacial score (nSPS) is 10.8. The number of hydrazone groups is 1. The van der Waals surface area contributed by atoms with E-state index in [9.17, 15) is 14.0 Å². The number of rotatable bonds is 13. The molecule has 0 saturated heterocycles. The first-order valence-electron chi connectivity index (χ1n) is 12.1. The molecule has 0 atom stereocenters. The van der Waals surface area contributed by atoms with Crippen molar-refractivity contribution < 1.29 is 23.5 Å². The minimum atomic E-state index is -0.549. The van der Waals surface area contributed by atoms with Crippen LogP contribution in [0.5, 0.6) is 11.5 Å². The Morgan fingerprint density at radius 3 is 2.51 bits per heavy atom. The molecule has 0 aromatic heterocycles. The lowest BCUT2D eigenvalue weighted by Crippen LogP contribution is -2.21. The summed E-state index contributed by atoms with van der Waals surface area (Å²) >= 11 is 12.3. The summed E-state index contributed by atoms with van der Waals surface area (Å²) in [5, 5.41) is 7.46. The number of halogens is 3. The van der Waals surface area contributed by atoms with Crippen LogP contribution < -0.4 is 20.2 Å². The molecule has 2 amide bonds. The van der Waals surface area contributed by atoms with E-state index in [0.717, 1.165) is 11.1 Å². The third-order valence-electron chi connectivity index (χ3n) is 5.34. The highest BCUT2D eigenvalue weighted by atomic mass is 35.5. The van der Waals surface area contributed by atoms with Gasteiger partial charge in [-0.25, -0.2) is 9.82 Å². The minimum Gasteiger partial charge on any atom is -0.490 e. The molecule has 0 radical (unpaired) electrons. The number of benzene rings is 3. The maximum atomic E-state index is 13.7. The molecule has 0 bridgehead atoms. The van der Waals surface area contributed by atoms with E-state index >= 15 is 0 Å². The fourth-order valence-corrected chi connectivity index (χ4v) is 3.98. The second kappa shape index (κ2) is 14.9. The van der Waals surface area contributed by atoms with Crippen molar-refractivity contribution in [3.05, 3.63) is 99.8 Å². The van der Waals surface area contributed by atoms with Gasteiger partial charge in [0.2, 0.25) is 11.8 Å². The summed E-state index contributed by atoms with van der Waals surface area (Å²) < 4.78 is 25.6. The average Bonchev–Trinajstić information content (AvgIpc) is 2.90. The van der Waals surface area contributed by atoms with E-state index in [1.807, 2.05) is 13.0 Å². The molecule has 2 N–H and O–H groups in total. The van der Waals surface area contributed by atoms with Gasteiger partial charge in [0.1, 0.15) is 12.4 Å². The second-order valence-electron chi connectivity index (χ2n) is 8.28. The van der Waals surface area contributed by atoms with E-state index in [0.29, 0.717) is 40.1 Å². The predicted molar refractivity (Wildman–Crippen MR) is 152 cm³/mol. The van der Waals surface area contributed by atoms with E-state index in [2.05, 4.69) is 22.4 Å². The smallest absolute Gasteiger partial charge is 0.240 e. The van der Waals surface area contributed by atoms with Crippen LogP contribution in [-0.2, 0) is 22.6 Å². The molecule has 0 unspecified atom stereocenters. The molecule has 3 aromatic rings. The van der Waals surface area contributed by atoms with Gasteiger partial charge in [-0.05, 0) is 55.3 Å². The number of hydrogen-bond donors (Lipinski definition) is 2. The molecule has 7 nitrogen and oxygen atoms in total. The number of hydrogen-bond acceptors (Lipinski definition) is 5. The lowest BCUT2D eigenvalue weighted by atomic mass is 10.1. The third-order valence-corrected chi connectivity index (χ3v) is 5.92.